The Morgan fingerprint density at radius 1 is 1.00 bits per heavy atom. The Labute approximate surface area is 194 Å². The van der Waals surface area contributed by atoms with Gasteiger partial charge in [0.25, 0.3) is 0 Å². The third-order valence-corrected chi connectivity index (χ3v) is 4.71. The molecule has 9 nitrogen and oxygen atoms in total. The average molecular weight is 512 g/mol. The summed E-state index contributed by atoms with van der Waals surface area (Å²) in [7, 11) is 0. The van der Waals surface area contributed by atoms with Gasteiger partial charge in [0.15, 0.2) is 0 Å². The van der Waals surface area contributed by atoms with Crippen LogP contribution in [0.3, 0.4) is 0 Å². The molecule has 1 atom stereocenters. The number of ether oxygens (including phenoxy) is 1. The van der Waals surface area contributed by atoms with Crippen LogP contribution < -0.4 is 4.74 Å². The molecular formula is C20H22F6N4O5. The zero-order valence-electron chi connectivity index (χ0n) is 18.0. The van der Waals surface area contributed by atoms with Gasteiger partial charge in [-0.05, 0) is 30.9 Å². The maximum Gasteiger partial charge on any atom is 0.490 e. The topological polar surface area (TPSA) is 118 Å². The number of fused-ring (bicyclic) bond motifs is 1. The van der Waals surface area contributed by atoms with Crippen molar-refractivity contribution < 1.29 is 50.9 Å². The summed E-state index contributed by atoms with van der Waals surface area (Å²) in [6, 6.07) is 8.13. The summed E-state index contributed by atoms with van der Waals surface area (Å²) in [6.45, 7) is 3.85. The highest BCUT2D eigenvalue weighted by Gasteiger charge is 2.39. The van der Waals surface area contributed by atoms with Crippen LogP contribution in [0.2, 0.25) is 0 Å². The van der Waals surface area contributed by atoms with Gasteiger partial charge in [-0.2, -0.15) is 31.4 Å². The molecule has 3 heterocycles. The smallest absolute Gasteiger partial charge is 0.475 e. The number of aliphatic carboxylic acids is 2. The SMILES string of the molecule is O=C(O)C(F)(F)F.O=C(O)C(F)(F)F.c1ccc(OCC2CN(CC3CC3)Cc3ccnn32)nc1. The third-order valence-electron chi connectivity index (χ3n) is 4.71. The van der Waals surface area contributed by atoms with Crippen LogP contribution in [0.25, 0.3) is 0 Å². The summed E-state index contributed by atoms with van der Waals surface area (Å²) in [5.41, 5.74) is 1.29. The molecule has 35 heavy (non-hydrogen) atoms. The second-order valence-corrected chi connectivity index (χ2v) is 7.64. The maximum absolute atomic E-state index is 10.6. The van der Waals surface area contributed by atoms with Gasteiger partial charge in [-0.1, -0.05) is 6.07 Å². The number of carbonyl (C=O) groups is 2. The van der Waals surface area contributed by atoms with Crippen LogP contribution in [0, 0.1) is 5.92 Å². The number of rotatable bonds is 5. The van der Waals surface area contributed by atoms with Gasteiger partial charge in [0.05, 0.1) is 11.7 Å². The van der Waals surface area contributed by atoms with E-state index in [0.29, 0.717) is 12.5 Å². The van der Waals surface area contributed by atoms with Gasteiger partial charge >= 0.3 is 24.3 Å². The van der Waals surface area contributed by atoms with E-state index in [9.17, 15) is 26.3 Å². The zero-order valence-corrected chi connectivity index (χ0v) is 18.0. The monoisotopic (exact) mass is 512 g/mol. The molecule has 1 fully saturated rings. The number of carboxylic acids is 2. The fourth-order valence-corrected chi connectivity index (χ4v) is 3.01. The lowest BCUT2D eigenvalue weighted by Crippen LogP contribution is -2.41. The number of aromatic nitrogens is 3. The minimum Gasteiger partial charge on any atom is -0.475 e. The predicted octanol–water partition coefficient (Wildman–Crippen LogP) is 3.39. The second kappa shape index (κ2) is 11.9. The Morgan fingerprint density at radius 3 is 2.09 bits per heavy atom. The Balaban J connectivity index is 0.000000257. The summed E-state index contributed by atoms with van der Waals surface area (Å²) in [4.78, 5) is 24.6. The van der Waals surface area contributed by atoms with Crippen LogP contribution >= 0.6 is 0 Å². The van der Waals surface area contributed by atoms with Crippen LogP contribution in [0.4, 0.5) is 26.3 Å². The average Bonchev–Trinajstić information content (AvgIpc) is 3.45. The molecule has 2 aromatic rings. The lowest BCUT2D eigenvalue weighted by Gasteiger charge is -2.33. The number of carboxylic acid groups (broad SMARTS) is 2. The molecule has 1 unspecified atom stereocenters. The van der Waals surface area contributed by atoms with Gasteiger partial charge in [-0.25, -0.2) is 14.6 Å². The predicted molar refractivity (Wildman–Crippen MR) is 106 cm³/mol. The molecule has 0 bridgehead atoms. The molecule has 194 valence electrons. The van der Waals surface area contributed by atoms with Crippen molar-refractivity contribution in [1.82, 2.24) is 19.7 Å². The van der Waals surface area contributed by atoms with Crippen molar-refractivity contribution in [3.05, 3.63) is 42.4 Å². The van der Waals surface area contributed by atoms with Crippen LogP contribution in [0.15, 0.2) is 36.7 Å². The molecule has 1 saturated carbocycles. The van der Waals surface area contributed by atoms with Crippen LogP contribution in [0.1, 0.15) is 24.6 Å². The molecular weight excluding hydrogens is 490 g/mol. The Hall–Kier alpha value is -3.36. The largest absolute Gasteiger partial charge is 0.490 e. The van der Waals surface area contributed by atoms with Crippen LogP contribution in [0.5, 0.6) is 5.88 Å². The number of alkyl halides is 6. The van der Waals surface area contributed by atoms with Crippen molar-refractivity contribution >= 4 is 11.9 Å². The molecule has 15 heteroatoms. The summed E-state index contributed by atoms with van der Waals surface area (Å²) < 4.78 is 71.4. The zero-order chi connectivity index (χ0) is 26.2. The van der Waals surface area contributed by atoms with Gasteiger partial charge in [0.1, 0.15) is 6.61 Å². The first-order valence-electron chi connectivity index (χ1n) is 10.2. The lowest BCUT2D eigenvalue weighted by molar-refractivity contribution is -0.193. The molecule has 2 N–H and O–H groups in total. The molecule has 4 rings (SSSR count). The van der Waals surface area contributed by atoms with E-state index in [1.807, 2.05) is 24.4 Å². The van der Waals surface area contributed by atoms with Crippen molar-refractivity contribution in [2.75, 3.05) is 19.7 Å². The molecule has 1 aliphatic heterocycles. The van der Waals surface area contributed by atoms with Gasteiger partial charge in [-0.3, -0.25) is 9.58 Å². The highest BCUT2D eigenvalue weighted by molar-refractivity contribution is 5.73. The van der Waals surface area contributed by atoms with Gasteiger partial charge in [-0.15, -0.1) is 0 Å². The van der Waals surface area contributed by atoms with Crippen molar-refractivity contribution in [3.63, 3.8) is 0 Å². The highest BCUT2D eigenvalue weighted by atomic mass is 19.4. The number of halogens is 6. The van der Waals surface area contributed by atoms with Crippen molar-refractivity contribution in [2.24, 2.45) is 5.92 Å². The van der Waals surface area contributed by atoms with E-state index in [0.717, 1.165) is 19.0 Å². The molecule has 2 aliphatic rings. The molecule has 0 saturated heterocycles. The van der Waals surface area contributed by atoms with E-state index in [4.69, 9.17) is 24.5 Å². The summed E-state index contributed by atoms with van der Waals surface area (Å²) in [5, 5.41) is 18.7. The number of pyridine rings is 1. The van der Waals surface area contributed by atoms with E-state index in [2.05, 4.69) is 25.7 Å². The Bertz CT molecular complexity index is 939. The lowest BCUT2D eigenvalue weighted by atomic mass is 10.2. The molecule has 0 amide bonds. The first-order valence-corrected chi connectivity index (χ1v) is 10.2. The second-order valence-electron chi connectivity index (χ2n) is 7.64. The van der Waals surface area contributed by atoms with E-state index in [1.54, 1.807) is 6.20 Å². The minimum absolute atomic E-state index is 0.268. The molecule has 1 aliphatic carbocycles. The van der Waals surface area contributed by atoms with Crippen LogP contribution in [-0.4, -0.2) is 73.9 Å². The number of nitrogens with zero attached hydrogens (tertiary/aromatic N) is 4. The summed E-state index contributed by atoms with van der Waals surface area (Å²) in [6.07, 6.45) is -3.73. The molecule has 2 aromatic heterocycles. The fraction of sp³-hybridized carbons (Fsp3) is 0.500. The Morgan fingerprint density at radius 2 is 1.60 bits per heavy atom. The number of hydrogen-bond donors (Lipinski definition) is 2. The van der Waals surface area contributed by atoms with Gasteiger partial charge in [0, 0.05) is 38.1 Å². The normalized spacial score (nSPS) is 17.7. The Kier molecular flexibility index (Phi) is 9.45. The molecule has 0 radical (unpaired) electrons. The first-order chi connectivity index (χ1) is 16.3. The van der Waals surface area contributed by atoms with Crippen molar-refractivity contribution in [1.29, 1.82) is 0 Å². The standard InChI is InChI=1S/C16H20N4O.2C2HF3O2/c1-2-7-17-16(3-1)21-12-15-11-19(9-13-4-5-13)10-14-6-8-18-20(14)15;2*3-2(4,5)1(6)7/h1-3,6-8,13,15H,4-5,9-12H2;2*(H,6,7). The van der Waals surface area contributed by atoms with Crippen molar-refractivity contribution in [3.8, 4) is 5.88 Å². The quantitative estimate of drug-likeness (QED) is 0.586. The van der Waals surface area contributed by atoms with E-state index in [-0.39, 0.29) is 6.04 Å². The van der Waals surface area contributed by atoms with Gasteiger partial charge in [0.2, 0.25) is 5.88 Å². The maximum atomic E-state index is 10.6. The first kappa shape index (κ1) is 27.9. The summed E-state index contributed by atoms with van der Waals surface area (Å²) >= 11 is 0. The van der Waals surface area contributed by atoms with E-state index in [1.165, 1.54) is 25.1 Å². The van der Waals surface area contributed by atoms with Crippen LogP contribution in [-0.2, 0) is 16.1 Å². The minimum atomic E-state index is -5.08. The fourth-order valence-electron chi connectivity index (χ4n) is 3.01. The molecule has 0 aromatic carbocycles. The van der Waals surface area contributed by atoms with Crippen molar-refractivity contribution in [2.45, 2.75) is 37.8 Å². The molecule has 0 spiro atoms. The number of hydrogen-bond acceptors (Lipinski definition) is 6. The van der Waals surface area contributed by atoms with E-state index >= 15 is 0 Å². The highest BCUT2D eigenvalue weighted by Crippen LogP contribution is 2.32. The summed E-state index contributed by atoms with van der Waals surface area (Å²) in [5.74, 6) is -3.91. The van der Waals surface area contributed by atoms with Gasteiger partial charge < -0.3 is 14.9 Å². The third kappa shape index (κ3) is 9.80. The van der Waals surface area contributed by atoms with E-state index < -0.39 is 24.3 Å².